The molecule has 1 atom stereocenters. The molecule has 122 valence electrons. The Kier molecular flexibility index (Phi) is 8.67. The maximum Gasteiger partial charge on any atom is 0.0628 e. The molecule has 0 saturated heterocycles. The molecule has 0 radical (unpaired) electrons. The van der Waals surface area contributed by atoms with Gasteiger partial charge in [-0.05, 0) is 38.7 Å². The molecule has 0 aliphatic carbocycles. The normalized spacial score (nSPS) is 12.8. The Bertz CT molecular complexity index is 395. The third-order valence-corrected chi connectivity index (χ3v) is 4.60. The fourth-order valence-electron chi connectivity index (χ4n) is 3.02. The van der Waals surface area contributed by atoms with Gasteiger partial charge in [0.1, 0.15) is 0 Å². The van der Waals surface area contributed by atoms with Crippen molar-refractivity contribution in [3.8, 4) is 0 Å². The maximum absolute atomic E-state index is 6.26. The summed E-state index contributed by atoms with van der Waals surface area (Å²) in [4.78, 5) is 0. The first-order valence-electron chi connectivity index (χ1n) is 8.80. The lowest BCUT2D eigenvalue weighted by molar-refractivity contribution is 0.509. The Morgan fingerprint density at radius 2 is 1.62 bits per heavy atom. The topological polar surface area (TPSA) is 43.8 Å². The van der Waals surface area contributed by atoms with E-state index in [0.29, 0.717) is 6.04 Å². The summed E-state index contributed by atoms with van der Waals surface area (Å²) in [6.45, 7) is 6.52. The van der Waals surface area contributed by atoms with Crippen molar-refractivity contribution in [3.63, 3.8) is 0 Å². The molecule has 0 aliphatic heterocycles. The van der Waals surface area contributed by atoms with E-state index in [-0.39, 0.29) is 0 Å². The second-order valence-corrected chi connectivity index (χ2v) is 6.48. The first-order valence-corrected chi connectivity index (χ1v) is 8.80. The minimum absolute atomic E-state index is 0.347. The van der Waals surface area contributed by atoms with Crippen molar-refractivity contribution in [3.05, 3.63) is 17.0 Å². The second kappa shape index (κ2) is 9.99. The third-order valence-electron chi connectivity index (χ3n) is 4.60. The molecule has 0 fully saturated rings. The van der Waals surface area contributed by atoms with Crippen LogP contribution >= 0.6 is 0 Å². The predicted molar refractivity (Wildman–Crippen MR) is 91.6 cm³/mol. The number of hydrogen-bond donors (Lipinski definition) is 1. The number of aromatic nitrogens is 2. The van der Waals surface area contributed by atoms with Gasteiger partial charge in [-0.1, -0.05) is 51.9 Å². The van der Waals surface area contributed by atoms with Crippen LogP contribution in [0.1, 0.15) is 81.7 Å². The van der Waals surface area contributed by atoms with E-state index in [0.717, 1.165) is 18.5 Å². The molecule has 3 heteroatoms. The first kappa shape index (κ1) is 18.2. The fourth-order valence-corrected chi connectivity index (χ4v) is 3.02. The van der Waals surface area contributed by atoms with Crippen LogP contribution in [-0.4, -0.2) is 15.8 Å². The summed E-state index contributed by atoms with van der Waals surface area (Å²) in [5.41, 5.74) is 10.1. The molecule has 0 saturated carbocycles. The summed E-state index contributed by atoms with van der Waals surface area (Å²) in [7, 11) is 2.02. The van der Waals surface area contributed by atoms with Crippen LogP contribution in [0.2, 0.25) is 0 Å². The highest BCUT2D eigenvalue weighted by atomic mass is 15.3. The Labute approximate surface area is 131 Å². The lowest BCUT2D eigenvalue weighted by Crippen LogP contribution is -2.20. The molecule has 0 aliphatic rings. The fraction of sp³-hybridized carbons (Fsp3) is 0.833. The average molecular weight is 293 g/mol. The summed E-state index contributed by atoms with van der Waals surface area (Å²) < 4.78 is 1.98. The summed E-state index contributed by atoms with van der Waals surface area (Å²) in [6, 6.07) is 0.347. The Hall–Kier alpha value is -0.830. The Balaban J connectivity index is 2.12. The minimum atomic E-state index is 0.347. The van der Waals surface area contributed by atoms with Crippen LogP contribution < -0.4 is 5.73 Å². The van der Waals surface area contributed by atoms with Crippen LogP contribution in [0.5, 0.6) is 0 Å². The number of rotatable bonds is 11. The van der Waals surface area contributed by atoms with Gasteiger partial charge in [0, 0.05) is 18.8 Å². The number of nitrogens with zero attached hydrogens (tertiary/aromatic N) is 2. The van der Waals surface area contributed by atoms with Crippen molar-refractivity contribution in [1.29, 1.82) is 0 Å². The molecule has 3 nitrogen and oxygen atoms in total. The lowest BCUT2D eigenvalue weighted by Gasteiger charge is -2.11. The van der Waals surface area contributed by atoms with Crippen molar-refractivity contribution in [2.24, 2.45) is 12.8 Å². The van der Waals surface area contributed by atoms with Crippen LogP contribution in [0, 0.1) is 13.8 Å². The van der Waals surface area contributed by atoms with Crippen LogP contribution in [0.25, 0.3) is 0 Å². The van der Waals surface area contributed by atoms with Crippen LogP contribution in [-0.2, 0) is 13.5 Å². The SMILES string of the molecule is CCCCCCCCCC(N)CCc1c(C)nn(C)c1C. The summed E-state index contributed by atoms with van der Waals surface area (Å²) >= 11 is 0. The molecule has 1 heterocycles. The van der Waals surface area contributed by atoms with Gasteiger partial charge in [0.05, 0.1) is 5.69 Å². The Morgan fingerprint density at radius 1 is 1.00 bits per heavy atom. The van der Waals surface area contributed by atoms with Gasteiger partial charge in [-0.25, -0.2) is 0 Å². The lowest BCUT2D eigenvalue weighted by atomic mass is 9.99. The van der Waals surface area contributed by atoms with Gasteiger partial charge >= 0.3 is 0 Å². The van der Waals surface area contributed by atoms with Crippen LogP contribution in [0.15, 0.2) is 0 Å². The molecule has 0 aromatic carbocycles. The van der Waals surface area contributed by atoms with Crippen molar-refractivity contribution >= 4 is 0 Å². The summed E-state index contributed by atoms with van der Waals surface area (Å²) in [6.07, 6.45) is 12.9. The summed E-state index contributed by atoms with van der Waals surface area (Å²) in [5, 5.41) is 4.48. The van der Waals surface area contributed by atoms with E-state index in [2.05, 4.69) is 25.9 Å². The van der Waals surface area contributed by atoms with Gasteiger partial charge in [-0.3, -0.25) is 4.68 Å². The largest absolute Gasteiger partial charge is 0.328 e. The smallest absolute Gasteiger partial charge is 0.0628 e. The van der Waals surface area contributed by atoms with Crippen LogP contribution in [0.3, 0.4) is 0 Å². The van der Waals surface area contributed by atoms with Gasteiger partial charge in [0.25, 0.3) is 0 Å². The van der Waals surface area contributed by atoms with Crippen molar-refractivity contribution in [2.45, 2.75) is 91.0 Å². The average Bonchev–Trinajstić information content (AvgIpc) is 2.69. The molecule has 1 aromatic heterocycles. The first-order chi connectivity index (χ1) is 10.1. The van der Waals surface area contributed by atoms with Crippen molar-refractivity contribution in [2.75, 3.05) is 0 Å². The zero-order valence-electron chi connectivity index (χ0n) is 14.6. The van der Waals surface area contributed by atoms with E-state index >= 15 is 0 Å². The molecule has 0 bridgehead atoms. The molecule has 21 heavy (non-hydrogen) atoms. The Morgan fingerprint density at radius 3 is 2.19 bits per heavy atom. The monoisotopic (exact) mass is 293 g/mol. The number of hydrogen-bond acceptors (Lipinski definition) is 2. The molecule has 0 spiro atoms. The van der Waals surface area contributed by atoms with Gasteiger partial charge in [-0.2, -0.15) is 5.10 Å². The van der Waals surface area contributed by atoms with E-state index in [9.17, 15) is 0 Å². The van der Waals surface area contributed by atoms with Crippen molar-refractivity contribution in [1.82, 2.24) is 9.78 Å². The maximum atomic E-state index is 6.26. The third kappa shape index (κ3) is 6.64. The second-order valence-electron chi connectivity index (χ2n) is 6.48. The number of nitrogens with two attached hydrogens (primary N) is 1. The predicted octanol–water partition coefficient (Wildman–Crippen LogP) is 4.44. The molecule has 1 aromatic rings. The molecule has 0 amide bonds. The highest BCUT2D eigenvalue weighted by molar-refractivity contribution is 5.24. The quantitative estimate of drug-likeness (QED) is 0.613. The van der Waals surface area contributed by atoms with Crippen molar-refractivity contribution < 1.29 is 0 Å². The number of unbranched alkanes of at least 4 members (excludes halogenated alkanes) is 6. The van der Waals surface area contributed by atoms with E-state index in [1.807, 2.05) is 11.7 Å². The molecule has 1 rings (SSSR count). The highest BCUT2D eigenvalue weighted by Gasteiger charge is 2.11. The van der Waals surface area contributed by atoms with E-state index < -0.39 is 0 Å². The molecule has 1 unspecified atom stereocenters. The minimum Gasteiger partial charge on any atom is -0.328 e. The van der Waals surface area contributed by atoms with Gasteiger partial charge in [-0.15, -0.1) is 0 Å². The number of aryl methyl sites for hydroxylation is 2. The molecular weight excluding hydrogens is 258 g/mol. The molecule has 2 N–H and O–H groups in total. The van der Waals surface area contributed by atoms with Gasteiger partial charge in [0.15, 0.2) is 0 Å². The van der Waals surface area contributed by atoms with E-state index in [1.165, 1.54) is 62.6 Å². The van der Waals surface area contributed by atoms with Gasteiger partial charge < -0.3 is 5.73 Å². The standard InChI is InChI=1S/C18H35N3/c1-5-6-7-8-9-10-11-12-17(19)13-14-18-15(2)20-21(4)16(18)3/h17H,5-14,19H2,1-4H3. The van der Waals surface area contributed by atoms with E-state index in [4.69, 9.17) is 5.73 Å². The zero-order chi connectivity index (χ0) is 15.7. The van der Waals surface area contributed by atoms with E-state index in [1.54, 1.807) is 0 Å². The van der Waals surface area contributed by atoms with Crippen LogP contribution in [0.4, 0.5) is 0 Å². The summed E-state index contributed by atoms with van der Waals surface area (Å²) in [5.74, 6) is 0. The highest BCUT2D eigenvalue weighted by Crippen LogP contribution is 2.16. The zero-order valence-corrected chi connectivity index (χ0v) is 14.6. The van der Waals surface area contributed by atoms with Gasteiger partial charge in [0.2, 0.25) is 0 Å². The molecular formula is C18H35N3.